The van der Waals surface area contributed by atoms with Crippen molar-refractivity contribution in [2.45, 2.75) is 0 Å². The number of nitrogens with zero attached hydrogens (tertiary/aromatic N) is 7. The third-order valence-electron chi connectivity index (χ3n) is 7.24. The molecule has 0 aliphatic carbocycles. The molecule has 0 aliphatic heterocycles. The lowest BCUT2D eigenvalue weighted by atomic mass is 10.2. The Balaban J connectivity index is 0.000000157. The number of aromatic amines is 2. The highest BCUT2D eigenvalue weighted by Gasteiger charge is 2.16. The van der Waals surface area contributed by atoms with Crippen LogP contribution in [-0.4, -0.2) is 55.7 Å². The zero-order valence-electron chi connectivity index (χ0n) is 25.3. The summed E-state index contributed by atoms with van der Waals surface area (Å²) in [6.45, 7) is 0. The Morgan fingerprint density at radius 3 is 2.06 bits per heavy atom. The summed E-state index contributed by atoms with van der Waals surface area (Å²) in [5.41, 5.74) is 3.19. The maximum Gasteiger partial charge on any atom is 0.275 e. The zero-order chi connectivity index (χ0) is 34.8. The highest BCUT2D eigenvalue weighted by molar-refractivity contribution is 6.04. The number of halogens is 4. The second-order valence-electron chi connectivity index (χ2n) is 10.6. The lowest BCUT2D eigenvalue weighted by molar-refractivity contribution is 0.101. The van der Waals surface area contributed by atoms with Gasteiger partial charge in [0.1, 0.15) is 40.6 Å². The van der Waals surface area contributed by atoms with Crippen LogP contribution in [0.5, 0.6) is 0 Å². The molecule has 248 valence electrons. The third kappa shape index (κ3) is 6.50. The fourth-order valence-electron chi connectivity index (χ4n) is 4.83. The van der Waals surface area contributed by atoms with E-state index in [1.54, 1.807) is 51.9 Å². The van der Waals surface area contributed by atoms with E-state index in [0.717, 1.165) is 41.1 Å². The highest BCUT2D eigenvalue weighted by atomic mass is 19.2. The van der Waals surface area contributed by atoms with Crippen LogP contribution in [0.15, 0.2) is 104 Å². The smallest absolute Gasteiger partial charge is 0.275 e. The summed E-state index contributed by atoms with van der Waals surface area (Å²) >= 11 is 0. The molecule has 0 bridgehead atoms. The Morgan fingerprint density at radius 2 is 1.40 bits per heavy atom. The number of H-pyrrole nitrogens is 2. The van der Waals surface area contributed by atoms with Gasteiger partial charge in [0.2, 0.25) is 0 Å². The number of benzene rings is 2. The van der Waals surface area contributed by atoms with Crippen molar-refractivity contribution in [3.8, 4) is 22.6 Å². The molecule has 0 fully saturated rings. The van der Waals surface area contributed by atoms with Crippen molar-refractivity contribution in [2.75, 3.05) is 10.6 Å². The van der Waals surface area contributed by atoms with Gasteiger partial charge >= 0.3 is 0 Å². The third-order valence-corrected chi connectivity index (χ3v) is 7.24. The Morgan fingerprint density at radius 1 is 0.720 bits per heavy atom. The van der Waals surface area contributed by atoms with E-state index in [9.17, 15) is 27.2 Å². The summed E-state index contributed by atoms with van der Waals surface area (Å²) in [5, 5.41) is 11.2. The summed E-state index contributed by atoms with van der Waals surface area (Å²) in [6, 6.07) is 13.5. The Labute approximate surface area is 277 Å². The lowest BCUT2D eigenvalue weighted by Gasteiger charge is -2.04. The molecule has 0 saturated heterocycles. The number of imidazole rings is 3. The fraction of sp³-hybridized carbons (Fsp3) is 0. The molecule has 0 unspecified atom stereocenters. The van der Waals surface area contributed by atoms with Crippen LogP contribution in [0.2, 0.25) is 0 Å². The quantitative estimate of drug-likeness (QED) is 0.159. The number of anilines is 2. The average Bonchev–Trinajstić information content (AvgIpc) is 3.94. The van der Waals surface area contributed by atoms with E-state index in [2.05, 4.69) is 45.8 Å². The van der Waals surface area contributed by atoms with Crippen LogP contribution >= 0.6 is 0 Å². The molecule has 17 heteroatoms. The predicted octanol–water partition coefficient (Wildman–Crippen LogP) is 5.90. The molecule has 0 spiro atoms. The van der Waals surface area contributed by atoms with E-state index in [1.807, 2.05) is 6.07 Å². The van der Waals surface area contributed by atoms with Crippen molar-refractivity contribution in [3.05, 3.63) is 139 Å². The van der Waals surface area contributed by atoms with Crippen LogP contribution in [0.25, 0.3) is 33.9 Å². The van der Waals surface area contributed by atoms with E-state index in [1.165, 1.54) is 30.9 Å². The number of pyridine rings is 2. The van der Waals surface area contributed by atoms with Gasteiger partial charge in [0.15, 0.2) is 17.5 Å². The largest absolute Gasteiger partial charge is 0.345 e. The van der Waals surface area contributed by atoms with Gasteiger partial charge < -0.3 is 24.4 Å². The molecule has 8 aromatic rings. The molecule has 50 heavy (non-hydrogen) atoms. The van der Waals surface area contributed by atoms with Crippen LogP contribution in [0.3, 0.4) is 0 Å². The number of rotatable bonds is 6. The number of fused-ring (bicyclic) bond motifs is 2. The molecule has 4 N–H and O–H groups in total. The maximum absolute atomic E-state index is 13.7. The van der Waals surface area contributed by atoms with Gasteiger partial charge in [-0.25, -0.2) is 37.5 Å². The van der Waals surface area contributed by atoms with Crippen LogP contribution in [-0.2, 0) is 0 Å². The van der Waals surface area contributed by atoms with E-state index in [-0.39, 0.29) is 22.8 Å². The SMILES string of the molecule is O=C(Nc1cc(F)ccc1F)c1cn2cc(-c3ncn[nH]3)ccc2n1.O=C(Nc1cccc(F)c1F)c1cn2cc(-c3cnc[nH]3)ccc2n1. The maximum atomic E-state index is 13.7. The van der Waals surface area contributed by atoms with Crippen molar-refractivity contribution in [3.63, 3.8) is 0 Å². The second-order valence-corrected chi connectivity index (χ2v) is 10.6. The second kappa shape index (κ2) is 13.1. The molecule has 6 heterocycles. The molecule has 0 radical (unpaired) electrons. The average molecular weight is 680 g/mol. The van der Waals surface area contributed by atoms with Gasteiger partial charge in [0.05, 0.1) is 29.6 Å². The molecular weight excluding hydrogens is 658 g/mol. The molecule has 2 amide bonds. The minimum absolute atomic E-state index is 0.0679. The summed E-state index contributed by atoms with van der Waals surface area (Å²) < 4.78 is 57.0. The van der Waals surface area contributed by atoms with Gasteiger partial charge in [-0.2, -0.15) is 5.10 Å². The monoisotopic (exact) mass is 679 g/mol. The molecular formula is C33H21F4N11O2. The van der Waals surface area contributed by atoms with Crippen LogP contribution in [0.1, 0.15) is 21.0 Å². The van der Waals surface area contributed by atoms with E-state index in [4.69, 9.17) is 0 Å². The Kier molecular flexibility index (Phi) is 8.26. The van der Waals surface area contributed by atoms with Gasteiger partial charge in [0, 0.05) is 42.0 Å². The standard InChI is InChI=1S/C17H11F2N5O.C16H10F2N6O/c18-11-2-1-3-12(16(11)19)23-17(25)14-8-24-7-10(4-5-15(24)22-14)13-6-20-9-21-13;17-10-2-3-11(18)12(5-10)22-16(25)13-7-24-6-9(1-4-14(24)21-13)15-19-8-20-23-15/h1-9H,(H,20,21)(H,23,25);1-8H,(H,22,25)(H,19,20,23). The first-order valence-corrected chi connectivity index (χ1v) is 14.6. The Hall–Kier alpha value is -7.17. The Bertz CT molecular complexity index is 2370. The van der Waals surface area contributed by atoms with Gasteiger partial charge in [-0.15, -0.1) is 0 Å². The summed E-state index contributed by atoms with van der Waals surface area (Å²) in [7, 11) is 0. The van der Waals surface area contributed by atoms with Crippen molar-refractivity contribution in [1.29, 1.82) is 0 Å². The normalized spacial score (nSPS) is 11.0. The van der Waals surface area contributed by atoms with Gasteiger partial charge in [-0.3, -0.25) is 14.7 Å². The van der Waals surface area contributed by atoms with E-state index in [0.29, 0.717) is 17.1 Å². The number of aromatic nitrogens is 9. The molecule has 6 aromatic heterocycles. The number of carbonyl (C=O) groups is 2. The summed E-state index contributed by atoms with van der Waals surface area (Å²) in [6.07, 6.45) is 11.2. The molecule has 8 rings (SSSR count). The number of amides is 2. The summed E-state index contributed by atoms with van der Waals surface area (Å²) in [5.74, 6) is -4.22. The molecule has 0 aliphatic rings. The van der Waals surface area contributed by atoms with Crippen molar-refractivity contribution >= 4 is 34.5 Å². The minimum Gasteiger partial charge on any atom is -0.345 e. The zero-order valence-corrected chi connectivity index (χ0v) is 25.3. The predicted molar refractivity (Wildman–Crippen MR) is 172 cm³/mol. The first-order chi connectivity index (χ1) is 24.2. The fourth-order valence-corrected chi connectivity index (χ4v) is 4.83. The first-order valence-electron chi connectivity index (χ1n) is 14.6. The number of nitrogens with one attached hydrogen (secondary N) is 4. The van der Waals surface area contributed by atoms with Crippen molar-refractivity contribution in [2.24, 2.45) is 0 Å². The molecule has 2 aromatic carbocycles. The summed E-state index contributed by atoms with van der Waals surface area (Å²) in [4.78, 5) is 43.9. The van der Waals surface area contributed by atoms with Gasteiger partial charge in [0.25, 0.3) is 11.8 Å². The van der Waals surface area contributed by atoms with Crippen LogP contribution < -0.4 is 10.6 Å². The minimum atomic E-state index is -1.11. The molecule has 0 saturated carbocycles. The number of carbonyl (C=O) groups excluding carboxylic acids is 2. The molecule has 0 atom stereocenters. The number of hydrogen-bond acceptors (Lipinski definition) is 7. The number of hydrogen-bond donors (Lipinski definition) is 4. The van der Waals surface area contributed by atoms with Gasteiger partial charge in [-0.05, 0) is 48.5 Å². The van der Waals surface area contributed by atoms with Crippen molar-refractivity contribution in [1.82, 2.24) is 43.9 Å². The first kappa shape index (κ1) is 31.4. The van der Waals surface area contributed by atoms with Crippen LogP contribution in [0, 0.1) is 23.3 Å². The highest BCUT2D eigenvalue weighted by Crippen LogP contribution is 2.21. The van der Waals surface area contributed by atoms with Crippen LogP contribution in [0.4, 0.5) is 28.9 Å². The van der Waals surface area contributed by atoms with E-state index < -0.39 is 35.1 Å². The van der Waals surface area contributed by atoms with E-state index >= 15 is 0 Å². The lowest BCUT2D eigenvalue weighted by Crippen LogP contribution is -2.13. The van der Waals surface area contributed by atoms with Gasteiger partial charge in [-0.1, -0.05) is 6.07 Å². The topological polar surface area (TPSA) is 163 Å². The molecule has 13 nitrogen and oxygen atoms in total. The van der Waals surface area contributed by atoms with Crippen molar-refractivity contribution < 1.29 is 27.2 Å².